The monoisotopic (exact) mass is 369 g/mol. The van der Waals surface area contributed by atoms with Gasteiger partial charge < -0.3 is 9.64 Å². The molecule has 2 aromatic rings. The summed E-state index contributed by atoms with van der Waals surface area (Å²) < 4.78 is 6.33. The summed E-state index contributed by atoms with van der Waals surface area (Å²) in [5.41, 5.74) is 1.63. The maximum Gasteiger partial charge on any atom is 0.253 e. The van der Waals surface area contributed by atoms with Crippen LogP contribution >= 0.6 is 11.6 Å². The molecule has 0 aliphatic carbocycles. The topological polar surface area (TPSA) is 46.6 Å². The molecule has 0 radical (unpaired) electrons. The number of fused-ring (bicyclic) bond motifs is 1. The second-order valence-corrected chi connectivity index (χ2v) is 7.58. The molecule has 0 N–H and O–H groups in total. The third-order valence-electron chi connectivity index (χ3n) is 5.32. The average Bonchev–Trinajstić information content (AvgIpc) is 2.64. The number of rotatable bonds is 1. The maximum atomic E-state index is 12.7. The van der Waals surface area contributed by atoms with Gasteiger partial charge in [0.05, 0.1) is 12.0 Å². The van der Waals surface area contributed by atoms with Crippen molar-refractivity contribution in [1.82, 2.24) is 4.90 Å². The van der Waals surface area contributed by atoms with Crippen LogP contribution in [0.5, 0.6) is 5.75 Å². The fourth-order valence-electron chi connectivity index (χ4n) is 3.87. The number of Topliss-reactive ketones (excluding diaryl/α,β-unsaturated/α-hetero) is 1. The largest absolute Gasteiger partial charge is 0.486 e. The number of hydrogen-bond acceptors (Lipinski definition) is 3. The highest BCUT2D eigenvalue weighted by Crippen LogP contribution is 2.42. The molecule has 2 heterocycles. The third-order valence-corrected chi connectivity index (χ3v) is 5.54. The van der Waals surface area contributed by atoms with Crippen LogP contribution in [0.4, 0.5) is 0 Å². The number of ketones is 1. The Morgan fingerprint density at radius 2 is 1.85 bits per heavy atom. The molecule has 2 aromatic carbocycles. The van der Waals surface area contributed by atoms with Gasteiger partial charge in [0.15, 0.2) is 5.78 Å². The van der Waals surface area contributed by atoms with Gasteiger partial charge in [0, 0.05) is 36.5 Å². The highest BCUT2D eigenvalue weighted by atomic mass is 35.5. The summed E-state index contributed by atoms with van der Waals surface area (Å²) in [5.74, 6) is 0.749. The zero-order valence-corrected chi connectivity index (χ0v) is 15.4. The molecule has 1 amide bonds. The van der Waals surface area contributed by atoms with E-state index in [4.69, 9.17) is 16.3 Å². The van der Waals surface area contributed by atoms with Crippen molar-refractivity contribution in [3.05, 3.63) is 64.2 Å². The van der Waals surface area contributed by atoms with Crippen molar-refractivity contribution in [3.8, 4) is 5.75 Å². The van der Waals surface area contributed by atoms with Gasteiger partial charge in [-0.1, -0.05) is 29.8 Å². The minimum atomic E-state index is -0.518. The number of amides is 1. The summed E-state index contributed by atoms with van der Waals surface area (Å²) in [6.07, 6.45) is 1.64. The van der Waals surface area contributed by atoms with Gasteiger partial charge in [0.25, 0.3) is 5.91 Å². The van der Waals surface area contributed by atoms with Crippen LogP contribution in [0.3, 0.4) is 0 Å². The van der Waals surface area contributed by atoms with E-state index in [2.05, 4.69) is 0 Å². The van der Waals surface area contributed by atoms with E-state index in [1.165, 1.54) is 0 Å². The number of ether oxygens (including phenoxy) is 1. The molecule has 2 aliphatic rings. The van der Waals surface area contributed by atoms with Crippen LogP contribution in [-0.2, 0) is 0 Å². The van der Waals surface area contributed by atoms with Crippen molar-refractivity contribution < 1.29 is 14.3 Å². The minimum absolute atomic E-state index is 0.0333. The van der Waals surface area contributed by atoms with Crippen molar-refractivity contribution in [2.45, 2.75) is 31.8 Å². The Hall–Kier alpha value is -2.33. The molecule has 0 unspecified atom stereocenters. The van der Waals surface area contributed by atoms with Gasteiger partial charge in [-0.05, 0) is 36.8 Å². The fourth-order valence-corrected chi connectivity index (χ4v) is 4.15. The summed E-state index contributed by atoms with van der Waals surface area (Å²) in [4.78, 5) is 27.2. The number of likely N-dealkylation sites (tertiary alicyclic amines) is 1. The molecule has 4 nitrogen and oxygen atoms in total. The zero-order chi connectivity index (χ0) is 18.3. The number of piperidine rings is 1. The quantitative estimate of drug-likeness (QED) is 0.753. The Kier molecular flexibility index (Phi) is 4.23. The zero-order valence-electron chi connectivity index (χ0n) is 14.6. The van der Waals surface area contributed by atoms with Crippen LogP contribution in [0.2, 0.25) is 5.02 Å². The first-order valence-corrected chi connectivity index (χ1v) is 9.22. The Balaban J connectivity index is 1.52. The lowest BCUT2D eigenvalue weighted by molar-refractivity contribution is -0.00616. The third kappa shape index (κ3) is 2.99. The lowest BCUT2D eigenvalue weighted by Crippen LogP contribution is -2.52. The number of carbonyl (C=O) groups excluding carboxylic acids is 2. The van der Waals surface area contributed by atoms with E-state index in [-0.39, 0.29) is 11.7 Å². The van der Waals surface area contributed by atoms with E-state index in [1.54, 1.807) is 6.07 Å². The molecular formula is C21H20ClNO3. The molecule has 1 spiro atoms. The predicted molar refractivity (Wildman–Crippen MR) is 100 cm³/mol. The van der Waals surface area contributed by atoms with E-state index in [0.29, 0.717) is 54.3 Å². The van der Waals surface area contributed by atoms with Crippen molar-refractivity contribution in [1.29, 1.82) is 0 Å². The highest BCUT2D eigenvalue weighted by Gasteiger charge is 2.44. The van der Waals surface area contributed by atoms with E-state index in [0.717, 1.165) is 5.56 Å². The van der Waals surface area contributed by atoms with Gasteiger partial charge in [-0.3, -0.25) is 9.59 Å². The molecular weight excluding hydrogens is 350 g/mol. The van der Waals surface area contributed by atoms with Crippen LogP contribution < -0.4 is 4.74 Å². The van der Waals surface area contributed by atoms with Gasteiger partial charge in [-0.25, -0.2) is 0 Å². The van der Waals surface area contributed by atoms with Gasteiger partial charge in [0.1, 0.15) is 11.4 Å². The molecule has 0 aromatic heterocycles. The Bertz CT molecular complexity index is 870. The number of aryl methyl sites for hydroxylation is 1. The summed E-state index contributed by atoms with van der Waals surface area (Å²) >= 11 is 6.08. The number of hydrogen-bond donors (Lipinski definition) is 0. The Morgan fingerprint density at radius 1 is 1.15 bits per heavy atom. The summed E-state index contributed by atoms with van der Waals surface area (Å²) in [6, 6.07) is 12.8. The SMILES string of the molecule is Cc1cc(Cl)cc2c1OC1(CCN(C(=O)c3ccccc3)CC1)CC2=O. The van der Waals surface area contributed by atoms with Crippen LogP contribution in [0.25, 0.3) is 0 Å². The summed E-state index contributed by atoms with van der Waals surface area (Å²) in [6.45, 7) is 3.08. The van der Waals surface area contributed by atoms with E-state index in [9.17, 15) is 9.59 Å². The first kappa shape index (κ1) is 17.1. The van der Waals surface area contributed by atoms with E-state index in [1.807, 2.05) is 48.2 Å². The van der Waals surface area contributed by atoms with E-state index < -0.39 is 5.60 Å². The molecule has 4 rings (SSSR count). The van der Waals surface area contributed by atoms with Gasteiger partial charge in [-0.2, -0.15) is 0 Å². The maximum absolute atomic E-state index is 12.7. The average molecular weight is 370 g/mol. The Labute approximate surface area is 157 Å². The van der Waals surface area contributed by atoms with E-state index >= 15 is 0 Å². The standard InChI is InChI=1S/C21H20ClNO3/c1-14-11-16(22)12-17-18(24)13-21(26-19(14)17)7-9-23(10-8-21)20(25)15-5-3-2-4-6-15/h2-6,11-12H,7-10,13H2,1H3. The van der Waals surface area contributed by atoms with Crippen molar-refractivity contribution in [2.24, 2.45) is 0 Å². The van der Waals surface area contributed by atoms with Gasteiger partial charge >= 0.3 is 0 Å². The molecule has 2 aliphatic heterocycles. The second kappa shape index (κ2) is 6.44. The first-order chi connectivity index (χ1) is 12.5. The van der Waals surface area contributed by atoms with Crippen molar-refractivity contribution in [3.63, 3.8) is 0 Å². The minimum Gasteiger partial charge on any atom is -0.486 e. The van der Waals surface area contributed by atoms with Crippen LogP contribution in [-0.4, -0.2) is 35.3 Å². The van der Waals surface area contributed by atoms with Crippen LogP contribution in [0, 0.1) is 6.92 Å². The number of nitrogens with zero attached hydrogens (tertiary/aromatic N) is 1. The molecule has 134 valence electrons. The molecule has 0 atom stereocenters. The molecule has 0 bridgehead atoms. The van der Waals surface area contributed by atoms with Gasteiger partial charge in [-0.15, -0.1) is 0 Å². The fraction of sp³-hybridized carbons (Fsp3) is 0.333. The molecule has 1 fully saturated rings. The number of benzene rings is 2. The second-order valence-electron chi connectivity index (χ2n) is 7.14. The van der Waals surface area contributed by atoms with Crippen molar-refractivity contribution >= 4 is 23.3 Å². The number of carbonyl (C=O) groups is 2. The van der Waals surface area contributed by atoms with Gasteiger partial charge in [0.2, 0.25) is 0 Å². The van der Waals surface area contributed by atoms with Crippen molar-refractivity contribution in [2.75, 3.05) is 13.1 Å². The Morgan fingerprint density at radius 3 is 2.54 bits per heavy atom. The van der Waals surface area contributed by atoms with Crippen LogP contribution in [0.1, 0.15) is 45.5 Å². The molecule has 1 saturated heterocycles. The predicted octanol–water partition coefficient (Wildman–Crippen LogP) is 4.29. The molecule has 5 heteroatoms. The lowest BCUT2D eigenvalue weighted by Gasteiger charge is -2.44. The number of halogens is 1. The lowest BCUT2D eigenvalue weighted by atomic mass is 9.82. The molecule has 0 saturated carbocycles. The molecule has 26 heavy (non-hydrogen) atoms. The normalized spacial score (nSPS) is 18.4. The summed E-state index contributed by atoms with van der Waals surface area (Å²) in [7, 11) is 0. The summed E-state index contributed by atoms with van der Waals surface area (Å²) in [5, 5.41) is 0.553. The first-order valence-electron chi connectivity index (χ1n) is 8.84. The van der Waals surface area contributed by atoms with Crippen LogP contribution in [0.15, 0.2) is 42.5 Å². The smallest absolute Gasteiger partial charge is 0.253 e. The highest BCUT2D eigenvalue weighted by molar-refractivity contribution is 6.31.